The van der Waals surface area contributed by atoms with Gasteiger partial charge >= 0.3 is 0 Å². The van der Waals surface area contributed by atoms with Gasteiger partial charge in [-0.25, -0.2) is 0 Å². The van der Waals surface area contributed by atoms with Gasteiger partial charge in [0.05, 0.1) is 11.6 Å². The molecule has 1 heterocycles. The lowest BCUT2D eigenvalue weighted by Gasteiger charge is -2.09. The molecule has 1 aliphatic heterocycles. The third-order valence-electron chi connectivity index (χ3n) is 3.00. The Morgan fingerprint density at radius 3 is 3.13 bits per heavy atom. The van der Waals surface area contributed by atoms with Crippen LogP contribution in [0, 0.1) is 11.3 Å². The lowest BCUT2D eigenvalue weighted by molar-refractivity contribution is 0.559. The summed E-state index contributed by atoms with van der Waals surface area (Å²) in [5, 5.41) is 12.3. The van der Waals surface area contributed by atoms with Crippen LogP contribution in [0.3, 0.4) is 0 Å². The molecule has 0 radical (unpaired) electrons. The first-order valence-electron chi connectivity index (χ1n) is 5.61. The van der Waals surface area contributed by atoms with Crippen molar-refractivity contribution in [3.63, 3.8) is 0 Å². The smallest absolute Gasteiger partial charge is 0.0991 e. The van der Waals surface area contributed by atoms with Crippen molar-refractivity contribution in [2.24, 2.45) is 0 Å². The van der Waals surface area contributed by atoms with Gasteiger partial charge in [0.1, 0.15) is 0 Å². The first kappa shape index (κ1) is 10.2. The number of rotatable bonds is 3. The van der Waals surface area contributed by atoms with Crippen molar-refractivity contribution in [3.8, 4) is 6.07 Å². The van der Waals surface area contributed by atoms with E-state index in [0.29, 0.717) is 6.04 Å². The lowest BCUT2D eigenvalue weighted by atomic mass is 10.0. The van der Waals surface area contributed by atoms with Crippen LogP contribution >= 0.6 is 0 Å². The minimum atomic E-state index is 0.691. The van der Waals surface area contributed by atoms with Gasteiger partial charge in [-0.15, -0.1) is 0 Å². The van der Waals surface area contributed by atoms with Gasteiger partial charge in [-0.3, -0.25) is 0 Å². The van der Waals surface area contributed by atoms with Crippen LogP contribution in [0.4, 0.5) is 0 Å². The van der Waals surface area contributed by atoms with E-state index in [-0.39, 0.29) is 0 Å². The molecule has 1 N–H and O–H groups in total. The molecule has 0 aliphatic carbocycles. The molecule has 2 nitrogen and oxygen atoms in total. The third-order valence-corrected chi connectivity index (χ3v) is 3.00. The summed E-state index contributed by atoms with van der Waals surface area (Å²) < 4.78 is 0. The molecular formula is C13H16N2. The highest BCUT2D eigenvalue weighted by Gasteiger charge is 2.13. The zero-order valence-corrected chi connectivity index (χ0v) is 8.87. The average Bonchev–Trinajstić information content (AvgIpc) is 2.79. The summed E-state index contributed by atoms with van der Waals surface area (Å²) in [7, 11) is 0. The lowest BCUT2D eigenvalue weighted by Crippen LogP contribution is -2.21. The van der Waals surface area contributed by atoms with E-state index < -0.39 is 0 Å². The largest absolute Gasteiger partial charge is 0.314 e. The van der Waals surface area contributed by atoms with Crippen molar-refractivity contribution >= 4 is 0 Å². The summed E-state index contributed by atoms with van der Waals surface area (Å²) in [5.74, 6) is 0. The van der Waals surface area contributed by atoms with E-state index in [4.69, 9.17) is 5.26 Å². The number of aryl methyl sites for hydroxylation is 1. The maximum atomic E-state index is 8.78. The molecule has 0 amide bonds. The molecule has 15 heavy (non-hydrogen) atoms. The molecule has 2 rings (SSSR count). The maximum absolute atomic E-state index is 8.78. The van der Waals surface area contributed by atoms with E-state index in [1.54, 1.807) is 0 Å². The van der Waals surface area contributed by atoms with Crippen LogP contribution in [0.25, 0.3) is 0 Å². The minimum absolute atomic E-state index is 0.691. The molecule has 0 aromatic heterocycles. The quantitative estimate of drug-likeness (QED) is 0.812. The predicted octanol–water partition coefficient (Wildman–Crippen LogP) is 2.24. The van der Waals surface area contributed by atoms with E-state index in [9.17, 15) is 0 Å². The van der Waals surface area contributed by atoms with Gasteiger partial charge in [0.25, 0.3) is 0 Å². The molecule has 0 bridgehead atoms. The minimum Gasteiger partial charge on any atom is -0.314 e. The van der Waals surface area contributed by atoms with E-state index in [0.717, 1.165) is 12.0 Å². The highest BCUT2D eigenvalue weighted by atomic mass is 14.9. The van der Waals surface area contributed by atoms with Crippen molar-refractivity contribution in [1.29, 1.82) is 5.26 Å². The summed E-state index contributed by atoms with van der Waals surface area (Å²) in [6.45, 7) is 1.17. The molecular weight excluding hydrogens is 184 g/mol. The van der Waals surface area contributed by atoms with Crippen LogP contribution in [0.1, 0.15) is 30.4 Å². The second-order valence-electron chi connectivity index (χ2n) is 4.14. The Labute approximate surface area is 90.9 Å². The molecule has 2 heteroatoms. The Morgan fingerprint density at radius 1 is 1.47 bits per heavy atom. The van der Waals surface area contributed by atoms with Crippen LogP contribution in [0.5, 0.6) is 0 Å². The van der Waals surface area contributed by atoms with Crippen LogP contribution in [0.15, 0.2) is 24.3 Å². The predicted molar refractivity (Wildman–Crippen MR) is 60.5 cm³/mol. The normalized spacial score (nSPS) is 20.1. The molecule has 78 valence electrons. The van der Waals surface area contributed by atoms with E-state index >= 15 is 0 Å². The second-order valence-corrected chi connectivity index (χ2v) is 4.14. The van der Waals surface area contributed by atoms with Crippen LogP contribution in [-0.4, -0.2) is 12.6 Å². The van der Waals surface area contributed by atoms with Crippen molar-refractivity contribution in [2.45, 2.75) is 31.7 Å². The summed E-state index contributed by atoms with van der Waals surface area (Å²) in [4.78, 5) is 0. The zero-order valence-electron chi connectivity index (χ0n) is 8.87. The van der Waals surface area contributed by atoms with E-state index in [1.165, 1.54) is 31.4 Å². The first-order chi connectivity index (χ1) is 7.38. The Kier molecular flexibility index (Phi) is 3.37. The van der Waals surface area contributed by atoms with Gasteiger partial charge in [0, 0.05) is 6.04 Å². The summed E-state index contributed by atoms with van der Waals surface area (Å²) in [5.41, 5.74) is 2.05. The highest BCUT2D eigenvalue weighted by Crippen LogP contribution is 2.13. The van der Waals surface area contributed by atoms with Gasteiger partial charge in [-0.2, -0.15) is 5.26 Å². The highest BCUT2D eigenvalue weighted by molar-refractivity contribution is 5.32. The summed E-state index contributed by atoms with van der Waals surface area (Å²) >= 11 is 0. The van der Waals surface area contributed by atoms with E-state index in [2.05, 4.69) is 17.5 Å². The van der Waals surface area contributed by atoms with Gasteiger partial charge in [-0.1, -0.05) is 12.1 Å². The molecule has 1 aromatic rings. The number of benzene rings is 1. The maximum Gasteiger partial charge on any atom is 0.0991 e. The average molecular weight is 200 g/mol. The monoisotopic (exact) mass is 200 g/mol. The summed E-state index contributed by atoms with van der Waals surface area (Å²) in [6.07, 6.45) is 4.88. The van der Waals surface area contributed by atoms with Crippen molar-refractivity contribution in [2.75, 3.05) is 6.54 Å². The number of hydrogen-bond donors (Lipinski definition) is 1. The Balaban J connectivity index is 1.90. The fourth-order valence-corrected chi connectivity index (χ4v) is 2.14. The topological polar surface area (TPSA) is 35.8 Å². The first-order valence-corrected chi connectivity index (χ1v) is 5.61. The molecule has 1 aromatic carbocycles. The van der Waals surface area contributed by atoms with Gasteiger partial charge in [0.2, 0.25) is 0 Å². The SMILES string of the molecule is N#Cc1cccc(CC[C@@H]2CCCN2)c1. The fourth-order valence-electron chi connectivity index (χ4n) is 2.14. The Morgan fingerprint density at radius 2 is 2.40 bits per heavy atom. The fraction of sp³-hybridized carbons (Fsp3) is 0.462. The van der Waals surface area contributed by atoms with Crippen molar-refractivity contribution < 1.29 is 0 Å². The number of nitriles is 1. The third kappa shape index (κ3) is 2.81. The van der Waals surface area contributed by atoms with Gasteiger partial charge < -0.3 is 5.32 Å². The van der Waals surface area contributed by atoms with Crippen LogP contribution in [-0.2, 0) is 6.42 Å². The molecule has 1 aliphatic rings. The number of nitrogens with zero attached hydrogens (tertiary/aromatic N) is 1. The molecule has 0 unspecified atom stereocenters. The number of hydrogen-bond acceptors (Lipinski definition) is 2. The molecule has 0 saturated carbocycles. The van der Waals surface area contributed by atoms with E-state index in [1.807, 2.05) is 18.2 Å². The molecule has 1 atom stereocenters. The zero-order chi connectivity index (χ0) is 10.5. The second kappa shape index (κ2) is 4.95. The van der Waals surface area contributed by atoms with Gasteiger partial charge in [-0.05, 0) is 49.9 Å². The Bertz CT molecular complexity index is 359. The number of nitrogens with one attached hydrogen (secondary N) is 1. The van der Waals surface area contributed by atoms with Crippen molar-refractivity contribution in [3.05, 3.63) is 35.4 Å². The van der Waals surface area contributed by atoms with Crippen LogP contribution < -0.4 is 5.32 Å². The molecule has 1 saturated heterocycles. The Hall–Kier alpha value is -1.33. The van der Waals surface area contributed by atoms with Gasteiger partial charge in [0.15, 0.2) is 0 Å². The summed E-state index contributed by atoms with van der Waals surface area (Å²) in [6, 6.07) is 10.8. The molecule has 1 fully saturated rings. The van der Waals surface area contributed by atoms with Crippen molar-refractivity contribution in [1.82, 2.24) is 5.32 Å². The molecule has 0 spiro atoms. The van der Waals surface area contributed by atoms with Crippen LogP contribution in [0.2, 0.25) is 0 Å². The standard InChI is InChI=1S/C13H16N2/c14-10-12-4-1-3-11(9-12)6-7-13-5-2-8-15-13/h1,3-4,9,13,15H,2,5-8H2/t13-/m0/s1.